The lowest BCUT2D eigenvalue weighted by Gasteiger charge is -2.14. The van der Waals surface area contributed by atoms with E-state index < -0.39 is 0 Å². The molecule has 0 bridgehead atoms. The maximum Gasteiger partial charge on any atom is 0.407 e. The van der Waals surface area contributed by atoms with Gasteiger partial charge >= 0.3 is 6.09 Å². The fourth-order valence-corrected chi connectivity index (χ4v) is 3.95. The molecule has 1 saturated carbocycles. The maximum atomic E-state index is 12.1. The average molecular weight is 391 g/mol. The van der Waals surface area contributed by atoms with Gasteiger partial charge in [-0.3, -0.25) is 9.89 Å². The zero-order chi connectivity index (χ0) is 19.4. The molecule has 2 amide bonds. The minimum Gasteiger partial charge on any atom is -0.446 e. The predicted molar refractivity (Wildman–Crippen MR) is 103 cm³/mol. The van der Waals surface area contributed by atoms with Crippen LogP contribution in [0.5, 0.6) is 0 Å². The van der Waals surface area contributed by atoms with E-state index in [4.69, 9.17) is 4.74 Å². The molecule has 0 aliphatic heterocycles. The molecule has 0 spiro atoms. The molecule has 1 fully saturated rings. The molecule has 8 nitrogen and oxygen atoms in total. The lowest BCUT2D eigenvalue weighted by molar-refractivity contribution is -0.115. The van der Waals surface area contributed by atoms with E-state index >= 15 is 0 Å². The quantitative estimate of drug-likeness (QED) is 0.701. The van der Waals surface area contributed by atoms with E-state index in [0.717, 1.165) is 34.8 Å². The summed E-state index contributed by atoms with van der Waals surface area (Å²) in [5.41, 5.74) is 0.950. The third-order valence-corrected chi connectivity index (χ3v) is 5.26. The Bertz CT molecular complexity index is 801. The Morgan fingerprint density at radius 2 is 2.22 bits per heavy atom. The molecule has 1 aliphatic rings. The number of hydrogen-bond acceptors (Lipinski definition) is 6. The Morgan fingerprint density at radius 3 is 2.93 bits per heavy atom. The molecule has 3 N–H and O–H groups in total. The number of aryl methyl sites for hydroxylation is 1. The molecule has 3 rings (SSSR count). The lowest BCUT2D eigenvalue weighted by Crippen LogP contribution is -2.33. The van der Waals surface area contributed by atoms with Gasteiger partial charge in [0, 0.05) is 34.8 Å². The zero-order valence-corrected chi connectivity index (χ0v) is 16.6. The predicted octanol–water partition coefficient (Wildman–Crippen LogP) is 3.13. The number of carbonyl (C=O) groups is 2. The fraction of sp³-hybridized carbons (Fsp3) is 0.556. The first-order valence-electron chi connectivity index (χ1n) is 9.12. The van der Waals surface area contributed by atoms with Crippen molar-refractivity contribution in [3.8, 4) is 0 Å². The Labute approximate surface area is 162 Å². The molecule has 27 heavy (non-hydrogen) atoms. The van der Waals surface area contributed by atoms with E-state index in [2.05, 4.69) is 25.8 Å². The van der Waals surface area contributed by atoms with Gasteiger partial charge in [-0.15, -0.1) is 11.3 Å². The third-order valence-electron chi connectivity index (χ3n) is 4.35. The van der Waals surface area contributed by atoms with Crippen molar-refractivity contribution in [2.24, 2.45) is 0 Å². The van der Waals surface area contributed by atoms with Crippen LogP contribution in [0, 0.1) is 6.92 Å². The maximum absolute atomic E-state index is 12.1. The molecule has 0 aromatic carbocycles. The van der Waals surface area contributed by atoms with Crippen LogP contribution in [0.15, 0.2) is 12.3 Å². The summed E-state index contributed by atoms with van der Waals surface area (Å²) >= 11 is 1.51. The van der Waals surface area contributed by atoms with Gasteiger partial charge in [0.15, 0.2) is 5.82 Å². The van der Waals surface area contributed by atoms with Crippen molar-refractivity contribution in [1.29, 1.82) is 0 Å². The molecule has 2 heterocycles. The van der Waals surface area contributed by atoms with E-state index in [-0.39, 0.29) is 36.5 Å². The monoisotopic (exact) mass is 391 g/mol. The van der Waals surface area contributed by atoms with Crippen molar-refractivity contribution in [2.75, 3.05) is 5.32 Å². The SMILES string of the molecule is Cc1cnc(CC(=O)Nc2cc(C3CCC(OC(=O)NC(C)C)C3)[nH]n2)s1. The number of hydrogen-bond donors (Lipinski definition) is 3. The highest BCUT2D eigenvalue weighted by Gasteiger charge is 2.30. The average Bonchev–Trinajstić information content (AvgIpc) is 3.28. The molecule has 146 valence electrons. The summed E-state index contributed by atoms with van der Waals surface area (Å²) < 4.78 is 5.45. The first-order chi connectivity index (χ1) is 12.9. The molecule has 2 aromatic rings. The van der Waals surface area contributed by atoms with Crippen molar-refractivity contribution < 1.29 is 14.3 Å². The number of amides is 2. The molecule has 2 atom stereocenters. The highest BCUT2D eigenvalue weighted by atomic mass is 32.1. The summed E-state index contributed by atoms with van der Waals surface area (Å²) in [7, 11) is 0. The van der Waals surface area contributed by atoms with Crippen LogP contribution < -0.4 is 10.6 Å². The van der Waals surface area contributed by atoms with Crippen LogP contribution in [0.25, 0.3) is 0 Å². The second kappa shape index (κ2) is 8.51. The molecular weight excluding hydrogens is 366 g/mol. The summed E-state index contributed by atoms with van der Waals surface area (Å²) in [5.74, 6) is 0.604. The fourth-order valence-electron chi connectivity index (χ4n) is 3.17. The largest absolute Gasteiger partial charge is 0.446 e. The minimum atomic E-state index is -0.370. The van der Waals surface area contributed by atoms with Crippen LogP contribution in [0.3, 0.4) is 0 Å². The van der Waals surface area contributed by atoms with Crippen molar-refractivity contribution in [3.63, 3.8) is 0 Å². The number of thiazole rings is 1. The van der Waals surface area contributed by atoms with Gasteiger partial charge in [0.05, 0.1) is 6.42 Å². The molecular formula is C18H25N5O3S. The number of ether oxygens (including phenoxy) is 1. The topological polar surface area (TPSA) is 109 Å². The van der Waals surface area contributed by atoms with E-state index in [1.165, 1.54) is 11.3 Å². The molecule has 9 heteroatoms. The Kier molecular flexibility index (Phi) is 6.10. The minimum absolute atomic E-state index is 0.0572. The van der Waals surface area contributed by atoms with Crippen molar-refractivity contribution in [2.45, 2.75) is 64.5 Å². The number of carbonyl (C=O) groups excluding carboxylic acids is 2. The second-order valence-electron chi connectivity index (χ2n) is 7.13. The standard InChI is InChI=1S/C18H25N5O3S/c1-10(2)20-18(25)26-13-5-4-12(6-13)14-7-15(23-22-14)21-16(24)8-17-19-9-11(3)27-17/h7,9-10,12-13H,4-6,8H2,1-3H3,(H,20,25)(H2,21,22,23,24). The van der Waals surface area contributed by atoms with Gasteiger partial charge in [0.2, 0.25) is 5.91 Å². The molecule has 2 aromatic heterocycles. The van der Waals surface area contributed by atoms with Crippen molar-refractivity contribution >= 4 is 29.2 Å². The number of nitrogens with one attached hydrogen (secondary N) is 3. The first kappa shape index (κ1) is 19.3. The summed E-state index contributed by atoms with van der Waals surface area (Å²) in [6, 6.07) is 1.91. The summed E-state index contributed by atoms with van der Waals surface area (Å²) in [4.78, 5) is 29.1. The highest BCUT2D eigenvalue weighted by molar-refractivity contribution is 7.11. The van der Waals surface area contributed by atoms with Gasteiger partial charge in [0.25, 0.3) is 0 Å². The van der Waals surface area contributed by atoms with Crippen LogP contribution in [0.4, 0.5) is 10.6 Å². The van der Waals surface area contributed by atoms with Crippen molar-refractivity contribution in [1.82, 2.24) is 20.5 Å². The van der Waals surface area contributed by atoms with Crippen LogP contribution >= 0.6 is 11.3 Å². The van der Waals surface area contributed by atoms with Crippen LogP contribution in [0.1, 0.15) is 54.6 Å². The summed E-state index contributed by atoms with van der Waals surface area (Å²) in [6.07, 6.45) is 4.02. The number of rotatable bonds is 6. The van der Waals surface area contributed by atoms with Crippen LogP contribution in [-0.4, -0.2) is 39.3 Å². The third kappa shape index (κ3) is 5.53. The normalized spacial score (nSPS) is 19.3. The Hall–Kier alpha value is -2.42. The number of aromatic amines is 1. The number of aromatic nitrogens is 3. The van der Waals surface area contributed by atoms with Crippen LogP contribution in [-0.2, 0) is 16.0 Å². The van der Waals surface area contributed by atoms with Gasteiger partial charge in [0.1, 0.15) is 11.1 Å². The number of H-pyrrole nitrogens is 1. The highest BCUT2D eigenvalue weighted by Crippen LogP contribution is 2.35. The van der Waals surface area contributed by atoms with E-state index in [9.17, 15) is 9.59 Å². The molecule has 1 aliphatic carbocycles. The zero-order valence-electron chi connectivity index (χ0n) is 15.7. The Morgan fingerprint density at radius 1 is 1.41 bits per heavy atom. The van der Waals surface area contributed by atoms with Crippen molar-refractivity contribution in [3.05, 3.63) is 27.8 Å². The number of alkyl carbamates (subject to hydrolysis) is 1. The van der Waals surface area contributed by atoms with E-state index in [1.807, 2.05) is 26.8 Å². The van der Waals surface area contributed by atoms with Crippen LogP contribution in [0.2, 0.25) is 0 Å². The van der Waals surface area contributed by atoms with Gasteiger partial charge < -0.3 is 15.4 Å². The summed E-state index contributed by atoms with van der Waals surface area (Å²) in [6.45, 7) is 5.76. The van der Waals surface area contributed by atoms with E-state index in [1.54, 1.807) is 6.20 Å². The van der Waals surface area contributed by atoms with E-state index in [0.29, 0.717) is 5.82 Å². The number of anilines is 1. The second-order valence-corrected chi connectivity index (χ2v) is 8.45. The van der Waals surface area contributed by atoms with Gasteiger partial charge in [-0.25, -0.2) is 9.78 Å². The Balaban J connectivity index is 1.49. The lowest BCUT2D eigenvalue weighted by atomic mass is 10.0. The molecule has 0 saturated heterocycles. The van der Waals surface area contributed by atoms with Gasteiger partial charge in [-0.05, 0) is 40.0 Å². The first-order valence-corrected chi connectivity index (χ1v) is 9.94. The summed E-state index contributed by atoms with van der Waals surface area (Å²) in [5, 5.41) is 13.5. The smallest absolute Gasteiger partial charge is 0.407 e. The van der Waals surface area contributed by atoms with Gasteiger partial charge in [-0.2, -0.15) is 5.10 Å². The molecule has 2 unspecified atom stereocenters. The number of nitrogens with zero attached hydrogens (tertiary/aromatic N) is 2. The molecule has 0 radical (unpaired) electrons. The van der Waals surface area contributed by atoms with Gasteiger partial charge in [-0.1, -0.05) is 0 Å².